The van der Waals surface area contributed by atoms with Crippen LogP contribution in [0.2, 0.25) is 10.0 Å². The van der Waals surface area contributed by atoms with Gasteiger partial charge in [0.25, 0.3) is 0 Å². The summed E-state index contributed by atoms with van der Waals surface area (Å²) in [6.45, 7) is 0. The summed E-state index contributed by atoms with van der Waals surface area (Å²) >= 11 is 14.1. The monoisotopic (exact) mass is 338 g/mol. The number of furan rings is 1. The molecule has 0 aliphatic rings. The van der Waals surface area contributed by atoms with Crippen molar-refractivity contribution in [2.24, 2.45) is 0 Å². The van der Waals surface area contributed by atoms with Gasteiger partial charge in [-0.1, -0.05) is 23.2 Å². The predicted molar refractivity (Wildman–Crippen MR) is 66.9 cm³/mol. The summed E-state index contributed by atoms with van der Waals surface area (Å²) in [5.41, 5.74) is 0.890. The summed E-state index contributed by atoms with van der Waals surface area (Å²) in [4.78, 5) is 0. The molecule has 0 saturated carbocycles. The van der Waals surface area contributed by atoms with E-state index < -0.39 is 0 Å². The molecule has 0 fully saturated rings. The summed E-state index contributed by atoms with van der Waals surface area (Å²) in [7, 11) is 0. The zero-order valence-corrected chi connectivity index (χ0v) is 10.6. The third kappa shape index (κ3) is 1.92. The van der Waals surface area contributed by atoms with E-state index in [4.69, 9.17) is 27.6 Å². The van der Waals surface area contributed by atoms with Gasteiger partial charge in [-0.2, -0.15) is 0 Å². The van der Waals surface area contributed by atoms with Crippen molar-refractivity contribution in [1.82, 2.24) is 0 Å². The van der Waals surface area contributed by atoms with E-state index in [1.165, 1.54) is 0 Å². The molecule has 1 aromatic heterocycles. The van der Waals surface area contributed by atoms with E-state index in [9.17, 15) is 0 Å². The van der Waals surface area contributed by atoms with Crippen LogP contribution in [0.1, 0.15) is 0 Å². The van der Waals surface area contributed by atoms with Crippen molar-refractivity contribution < 1.29 is 4.42 Å². The van der Waals surface area contributed by atoms with Crippen LogP contribution in [0.25, 0.3) is 11.3 Å². The van der Waals surface area contributed by atoms with Gasteiger partial charge in [0.15, 0.2) is 0 Å². The third-order valence-electron chi connectivity index (χ3n) is 1.77. The minimum atomic E-state index is 0.608. The first kappa shape index (κ1) is 10.3. The Morgan fingerprint density at radius 1 is 1.21 bits per heavy atom. The molecule has 0 spiro atoms. The van der Waals surface area contributed by atoms with Crippen LogP contribution >= 0.6 is 45.8 Å². The molecule has 0 aliphatic heterocycles. The highest BCUT2D eigenvalue weighted by atomic mass is 127. The van der Waals surface area contributed by atoms with Crippen molar-refractivity contribution in [2.45, 2.75) is 0 Å². The van der Waals surface area contributed by atoms with Crippen molar-refractivity contribution in [3.63, 3.8) is 0 Å². The lowest BCUT2D eigenvalue weighted by Crippen LogP contribution is -1.82. The standard InChI is InChI=1S/C10H5Cl2IO/c11-6-4-7(12)10(8(13)5-6)9-2-1-3-14-9/h1-5H. The number of rotatable bonds is 1. The molecule has 0 radical (unpaired) electrons. The number of hydrogen-bond acceptors (Lipinski definition) is 1. The van der Waals surface area contributed by atoms with Gasteiger partial charge in [-0.25, -0.2) is 0 Å². The van der Waals surface area contributed by atoms with Crippen LogP contribution in [-0.4, -0.2) is 0 Å². The van der Waals surface area contributed by atoms with E-state index in [0.717, 1.165) is 14.9 Å². The number of halogens is 3. The Morgan fingerprint density at radius 2 is 2.00 bits per heavy atom. The molecule has 1 heterocycles. The highest BCUT2D eigenvalue weighted by Crippen LogP contribution is 2.35. The second-order valence-electron chi connectivity index (χ2n) is 2.72. The molecule has 0 aliphatic carbocycles. The molecule has 2 rings (SSSR count). The molecular weight excluding hydrogens is 334 g/mol. The van der Waals surface area contributed by atoms with Crippen molar-refractivity contribution >= 4 is 45.8 Å². The maximum Gasteiger partial charge on any atom is 0.136 e. The summed E-state index contributed by atoms with van der Waals surface area (Å²) < 4.78 is 6.27. The van der Waals surface area contributed by atoms with Gasteiger partial charge in [0, 0.05) is 14.2 Å². The van der Waals surface area contributed by atoms with Crippen molar-refractivity contribution in [3.8, 4) is 11.3 Å². The van der Waals surface area contributed by atoms with Crippen LogP contribution in [0.5, 0.6) is 0 Å². The third-order valence-corrected chi connectivity index (χ3v) is 3.14. The molecule has 1 aromatic carbocycles. The predicted octanol–water partition coefficient (Wildman–Crippen LogP) is 4.86. The molecule has 0 amide bonds. The van der Waals surface area contributed by atoms with Gasteiger partial charge in [0.05, 0.1) is 11.3 Å². The Kier molecular flexibility index (Phi) is 3.04. The summed E-state index contributed by atoms with van der Waals surface area (Å²) in [5, 5.41) is 1.24. The molecule has 0 atom stereocenters. The minimum Gasteiger partial charge on any atom is -0.464 e. The lowest BCUT2D eigenvalue weighted by molar-refractivity contribution is 0.582. The second-order valence-corrected chi connectivity index (χ2v) is 4.73. The van der Waals surface area contributed by atoms with Gasteiger partial charge in [-0.3, -0.25) is 0 Å². The molecule has 0 saturated heterocycles. The molecule has 0 N–H and O–H groups in total. The summed E-state index contributed by atoms with van der Waals surface area (Å²) in [6.07, 6.45) is 1.62. The van der Waals surface area contributed by atoms with Crippen LogP contribution in [0, 0.1) is 3.57 Å². The topological polar surface area (TPSA) is 13.1 Å². The fourth-order valence-electron chi connectivity index (χ4n) is 1.20. The Morgan fingerprint density at radius 3 is 2.57 bits per heavy atom. The smallest absolute Gasteiger partial charge is 0.136 e. The molecular formula is C10H5Cl2IO. The van der Waals surface area contributed by atoms with E-state index in [1.807, 2.05) is 18.2 Å². The molecule has 0 unspecified atom stereocenters. The van der Waals surface area contributed by atoms with Crippen molar-refractivity contribution in [1.29, 1.82) is 0 Å². The molecule has 14 heavy (non-hydrogen) atoms. The number of benzene rings is 1. The van der Waals surface area contributed by atoms with Crippen LogP contribution < -0.4 is 0 Å². The normalized spacial score (nSPS) is 10.5. The zero-order chi connectivity index (χ0) is 10.1. The van der Waals surface area contributed by atoms with Gasteiger partial charge >= 0.3 is 0 Å². The molecule has 4 heteroatoms. The molecule has 2 aromatic rings. The van der Waals surface area contributed by atoms with Gasteiger partial charge in [0.2, 0.25) is 0 Å². The van der Waals surface area contributed by atoms with Gasteiger partial charge in [0.1, 0.15) is 5.76 Å². The number of hydrogen-bond donors (Lipinski definition) is 0. The van der Waals surface area contributed by atoms with E-state index in [2.05, 4.69) is 22.6 Å². The Hall–Kier alpha value is -0.190. The first-order chi connectivity index (χ1) is 6.68. The van der Waals surface area contributed by atoms with Crippen molar-refractivity contribution in [3.05, 3.63) is 44.1 Å². The van der Waals surface area contributed by atoms with Crippen LogP contribution in [0.3, 0.4) is 0 Å². The zero-order valence-electron chi connectivity index (χ0n) is 6.93. The maximum absolute atomic E-state index is 6.08. The highest BCUT2D eigenvalue weighted by molar-refractivity contribution is 14.1. The second kappa shape index (κ2) is 4.13. The van der Waals surface area contributed by atoms with E-state index in [1.54, 1.807) is 12.3 Å². The first-order valence-corrected chi connectivity index (χ1v) is 5.70. The van der Waals surface area contributed by atoms with Crippen molar-refractivity contribution in [2.75, 3.05) is 0 Å². The van der Waals surface area contributed by atoms with Gasteiger partial charge in [-0.05, 0) is 46.9 Å². The fourth-order valence-corrected chi connectivity index (χ4v) is 3.02. The van der Waals surface area contributed by atoms with Crippen LogP contribution in [0.15, 0.2) is 34.9 Å². The minimum absolute atomic E-state index is 0.608. The van der Waals surface area contributed by atoms with Gasteiger partial charge < -0.3 is 4.42 Å². The van der Waals surface area contributed by atoms with Crippen LogP contribution in [0.4, 0.5) is 0 Å². The summed E-state index contributed by atoms with van der Waals surface area (Å²) in [6, 6.07) is 7.27. The fraction of sp³-hybridized carbons (Fsp3) is 0. The van der Waals surface area contributed by atoms with E-state index in [0.29, 0.717) is 10.0 Å². The first-order valence-electron chi connectivity index (χ1n) is 3.87. The van der Waals surface area contributed by atoms with E-state index >= 15 is 0 Å². The SMILES string of the molecule is Clc1cc(Cl)c(-c2ccco2)c(I)c1. The maximum atomic E-state index is 6.08. The molecule has 0 bridgehead atoms. The summed E-state index contributed by atoms with van der Waals surface area (Å²) in [5.74, 6) is 0.760. The average Bonchev–Trinajstić information content (AvgIpc) is 2.54. The highest BCUT2D eigenvalue weighted by Gasteiger charge is 2.11. The Bertz CT molecular complexity index is 428. The van der Waals surface area contributed by atoms with Gasteiger partial charge in [-0.15, -0.1) is 0 Å². The largest absolute Gasteiger partial charge is 0.464 e. The quantitative estimate of drug-likeness (QED) is 0.677. The lowest BCUT2D eigenvalue weighted by Gasteiger charge is -2.04. The van der Waals surface area contributed by atoms with Crippen LogP contribution in [-0.2, 0) is 0 Å². The Balaban J connectivity index is 2.64. The Labute approximate surface area is 105 Å². The molecule has 72 valence electrons. The molecule has 1 nitrogen and oxygen atoms in total. The lowest BCUT2D eigenvalue weighted by atomic mass is 10.2. The average molecular weight is 339 g/mol. The van der Waals surface area contributed by atoms with E-state index in [-0.39, 0.29) is 0 Å².